The Balaban J connectivity index is 2.22. The SMILES string of the molecule is CCOC(=O)c1cn(Cc2cnccn2)c2ncc(B(O)O)cc2c1=O. The summed E-state index contributed by atoms with van der Waals surface area (Å²) >= 11 is 0. The molecule has 0 aromatic carbocycles. The Morgan fingerprint density at radius 1 is 1.27 bits per heavy atom. The second-order valence-electron chi connectivity index (χ2n) is 5.43. The van der Waals surface area contributed by atoms with E-state index in [1.165, 1.54) is 30.9 Å². The van der Waals surface area contributed by atoms with Crippen molar-refractivity contribution in [3.8, 4) is 0 Å². The quantitative estimate of drug-likeness (QED) is 0.445. The van der Waals surface area contributed by atoms with Crippen LogP contribution in [0.25, 0.3) is 11.0 Å². The van der Waals surface area contributed by atoms with Gasteiger partial charge in [-0.1, -0.05) is 0 Å². The van der Waals surface area contributed by atoms with Crippen LogP contribution in [-0.2, 0) is 11.3 Å². The summed E-state index contributed by atoms with van der Waals surface area (Å²) in [4.78, 5) is 37.1. The second-order valence-corrected chi connectivity index (χ2v) is 5.43. The van der Waals surface area contributed by atoms with Gasteiger partial charge in [0.05, 0.1) is 30.4 Å². The molecule has 3 aromatic rings. The third-order valence-electron chi connectivity index (χ3n) is 3.68. The van der Waals surface area contributed by atoms with E-state index in [0.29, 0.717) is 5.69 Å². The average molecular weight is 354 g/mol. The monoisotopic (exact) mass is 354 g/mol. The summed E-state index contributed by atoms with van der Waals surface area (Å²) in [5.41, 5.74) is 0.151. The largest absolute Gasteiger partial charge is 0.490 e. The molecule has 0 radical (unpaired) electrons. The standard InChI is InChI=1S/C16H15BN4O5/c1-2-26-16(23)13-9-21(8-11-7-18-3-4-19-11)15-12(14(13)22)5-10(6-20-15)17(24)25/h3-7,9,24-25H,2,8H2,1H3. The van der Waals surface area contributed by atoms with Crippen molar-refractivity contribution in [2.45, 2.75) is 13.5 Å². The molecule has 0 amide bonds. The van der Waals surface area contributed by atoms with Crippen LogP contribution >= 0.6 is 0 Å². The number of fused-ring (bicyclic) bond motifs is 1. The Morgan fingerprint density at radius 2 is 2.08 bits per heavy atom. The highest BCUT2D eigenvalue weighted by Gasteiger charge is 2.20. The van der Waals surface area contributed by atoms with Gasteiger partial charge in [0.25, 0.3) is 0 Å². The van der Waals surface area contributed by atoms with Gasteiger partial charge in [0.2, 0.25) is 5.43 Å². The maximum atomic E-state index is 12.7. The Hall–Kier alpha value is -3.11. The Morgan fingerprint density at radius 3 is 2.73 bits per heavy atom. The zero-order chi connectivity index (χ0) is 18.7. The molecule has 0 saturated carbocycles. The molecule has 3 heterocycles. The van der Waals surface area contributed by atoms with Gasteiger partial charge < -0.3 is 19.4 Å². The van der Waals surface area contributed by atoms with Crippen molar-refractivity contribution in [3.63, 3.8) is 0 Å². The Bertz CT molecular complexity index is 1010. The maximum absolute atomic E-state index is 12.7. The van der Waals surface area contributed by atoms with Crippen LogP contribution in [0.3, 0.4) is 0 Å². The smallest absolute Gasteiger partial charge is 0.462 e. The highest BCUT2D eigenvalue weighted by molar-refractivity contribution is 6.58. The molecule has 0 aliphatic heterocycles. The first-order valence-electron chi connectivity index (χ1n) is 7.82. The number of hydrogen-bond donors (Lipinski definition) is 2. The first kappa shape index (κ1) is 17.7. The molecule has 3 aromatic heterocycles. The molecule has 0 aliphatic rings. The van der Waals surface area contributed by atoms with Gasteiger partial charge in [-0.2, -0.15) is 0 Å². The normalized spacial score (nSPS) is 10.7. The van der Waals surface area contributed by atoms with Crippen LogP contribution in [-0.4, -0.2) is 49.3 Å². The summed E-state index contributed by atoms with van der Waals surface area (Å²) in [7, 11) is -1.79. The highest BCUT2D eigenvalue weighted by Crippen LogP contribution is 2.11. The average Bonchev–Trinajstić information content (AvgIpc) is 2.64. The number of carbonyl (C=O) groups excluding carboxylic acids is 1. The molecule has 0 saturated heterocycles. The van der Waals surface area contributed by atoms with Crippen molar-refractivity contribution in [2.24, 2.45) is 0 Å². The molecule has 0 atom stereocenters. The lowest BCUT2D eigenvalue weighted by Crippen LogP contribution is -2.32. The molecule has 0 aliphatic carbocycles. The van der Waals surface area contributed by atoms with E-state index in [2.05, 4.69) is 15.0 Å². The first-order valence-corrected chi connectivity index (χ1v) is 7.82. The van der Waals surface area contributed by atoms with Crippen molar-refractivity contribution < 1.29 is 19.6 Å². The summed E-state index contributed by atoms with van der Waals surface area (Å²) in [6.45, 7) is 1.97. The fourth-order valence-corrected chi connectivity index (χ4v) is 2.49. The number of rotatable bonds is 5. The molecule has 10 heteroatoms. The van der Waals surface area contributed by atoms with Crippen LogP contribution in [0.15, 0.2) is 41.8 Å². The molecule has 9 nitrogen and oxygen atoms in total. The van der Waals surface area contributed by atoms with Crippen LogP contribution in [0.5, 0.6) is 0 Å². The van der Waals surface area contributed by atoms with Crippen molar-refractivity contribution in [1.82, 2.24) is 19.5 Å². The third-order valence-corrected chi connectivity index (χ3v) is 3.68. The van der Waals surface area contributed by atoms with Gasteiger partial charge in [-0.15, -0.1) is 0 Å². The number of nitrogens with zero attached hydrogens (tertiary/aromatic N) is 4. The summed E-state index contributed by atoms with van der Waals surface area (Å²) in [6.07, 6.45) is 7.23. The van der Waals surface area contributed by atoms with E-state index in [9.17, 15) is 19.6 Å². The van der Waals surface area contributed by atoms with Crippen LogP contribution in [0.1, 0.15) is 23.0 Å². The van der Waals surface area contributed by atoms with Crippen molar-refractivity contribution in [3.05, 3.63) is 58.5 Å². The molecule has 3 rings (SSSR count). The van der Waals surface area contributed by atoms with E-state index < -0.39 is 18.5 Å². The fourth-order valence-electron chi connectivity index (χ4n) is 2.49. The molecule has 26 heavy (non-hydrogen) atoms. The molecule has 0 spiro atoms. The molecule has 2 N–H and O–H groups in total. The Kier molecular flexibility index (Phi) is 5.05. The number of pyridine rings is 2. The lowest BCUT2D eigenvalue weighted by molar-refractivity contribution is 0.0524. The van der Waals surface area contributed by atoms with Gasteiger partial charge >= 0.3 is 13.1 Å². The lowest BCUT2D eigenvalue weighted by Gasteiger charge is -2.12. The van der Waals surface area contributed by atoms with E-state index in [1.807, 2.05) is 0 Å². The van der Waals surface area contributed by atoms with Gasteiger partial charge in [-0.3, -0.25) is 14.8 Å². The van der Waals surface area contributed by atoms with Crippen LogP contribution in [0.4, 0.5) is 0 Å². The van der Waals surface area contributed by atoms with Crippen molar-refractivity contribution in [2.75, 3.05) is 6.61 Å². The molecule has 0 fully saturated rings. The fraction of sp³-hybridized carbons (Fsp3) is 0.188. The Labute approximate surface area is 148 Å². The number of hydrogen-bond acceptors (Lipinski definition) is 8. The molecule has 0 bridgehead atoms. The zero-order valence-corrected chi connectivity index (χ0v) is 13.9. The van der Waals surface area contributed by atoms with Crippen molar-refractivity contribution >= 4 is 29.6 Å². The minimum atomic E-state index is -1.79. The number of esters is 1. The van der Waals surface area contributed by atoms with E-state index in [-0.39, 0.29) is 35.2 Å². The van der Waals surface area contributed by atoms with Crippen LogP contribution in [0, 0.1) is 0 Å². The number of aromatic nitrogens is 4. The minimum absolute atomic E-state index is 0.0432. The second kappa shape index (κ2) is 7.42. The van der Waals surface area contributed by atoms with Gasteiger partial charge in [0.15, 0.2) is 0 Å². The zero-order valence-electron chi connectivity index (χ0n) is 13.9. The predicted octanol–water partition coefficient (Wildman–Crippen LogP) is -0.909. The summed E-state index contributed by atoms with van der Waals surface area (Å²) in [5, 5.41) is 18.8. The van der Waals surface area contributed by atoms with Crippen LogP contribution < -0.4 is 10.9 Å². The topological polar surface area (TPSA) is 127 Å². The molecule has 0 unspecified atom stereocenters. The molecule has 132 valence electrons. The summed E-state index contributed by atoms with van der Waals surface area (Å²) in [5.74, 6) is -0.762. The molecular weight excluding hydrogens is 339 g/mol. The summed E-state index contributed by atoms with van der Waals surface area (Å²) in [6, 6.07) is 1.30. The van der Waals surface area contributed by atoms with E-state index in [4.69, 9.17) is 4.74 Å². The van der Waals surface area contributed by atoms with Crippen molar-refractivity contribution in [1.29, 1.82) is 0 Å². The number of ether oxygens (including phenoxy) is 1. The first-order chi connectivity index (χ1) is 12.5. The minimum Gasteiger partial charge on any atom is -0.462 e. The van der Waals surface area contributed by atoms with Gasteiger partial charge in [-0.05, 0) is 13.0 Å². The lowest BCUT2D eigenvalue weighted by atomic mass is 9.81. The number of carbonyl (C=O) groups is 1. The highest BCUT2D eigenvalue weighted by atomic mass is 16.5. The maximum Gasteiger partial charge on any atom is 0.490 e. The van der Waals surface area contributed by atoms with E-state index >= 15 is 0 Å². The third kappa shape index (κ3) is 3.46. The predicted molar refractivity (Wildman–Crippen MR) is 92.9 cm³/mol. The summed E-state index contributed by atoms with van der Waals surface area (Å²) < 4.78 is 6.51. The van der Waals surface area contributed by atoms with Gasteiger partial charge in [-0.25, -0.2) is 9.78 Å². The van der Waals surface area contributed by atoms with E-state index in [1.54, 1.807) is 17.7 Å². The van der Waals surface area contributed by atoms with Crippen LogP contribution in [0.2, 0.25) is 0 Å². The van der Waals surface area contributed by atoms with Gasteiger partial charge in [0.1, 0.15) is 11.2 Å². The van der Waals surface area contributed by atoms with E-state index in [0.717, 1.165) is 0 Å². The van der Waals surface area contributed by atoms with Gasteiger partial charge in [0, 0.05) is 30.3 Å². The molecular formula is C16H15BN4O5.